The Hall–Kier alpha value is -3.16. The molecule has 0 radical (unpaired) electrons. The fourth-order valence-electron chi connectivity index (χ4n) is 1.81. The molecule has 2 heterocycles. The number of anilines is 1. The first kappa shape index (κ1) is 12.9. The van der Waals surface area contributed by atoms with E-state index < -0.39 is 11.7 Å². The molecule has 7 nitrogen and oxygen atoms in total. The molecule has 1 amide bonds. The number of rotatable bonds is 3. The van der Waals surface area contributed by atoms with Gasteiger partial charge in [0, 0.05) is 17.8 Å². The standard InChI is InChI=1S/C13H10FN5O2/c14-7-1-2-11(20)8(5-7)10-6-12(19-18-10)16-13(21)9-3-4-15-17-9/h1-6,20H,(H,15,17)(H2,16,18,19,21). The third kappa shape index (κ3) is 2.59. The third-order valence-electron chi connectivity index (χ3n) is 2.81. The van der Waals surface area contributed by atoms with E-state index in [1.54, 1.807) is 0 Å². The molecule has 0 aliphatic heterocycles. The summed E-state index contributed by atoms with van der Waals surface area (Å²) in [6, 6.07) is 6.57. The third-order valence-corrected chi connectivity index (χ3v) is 2.81. The van der Waals surface area contributed by atoms with Crippen LogP contribution >= 0.6 is 0 Å². The molecule has 0 bridgehead atoms. The number of nitrogens with zero attached hydrogens (tertiary/aromatic N) is 2. The van der Waals surface area contributed by atoms with Crippen LogP contribution in [0, 0.1) is 5.82 Å². The minimum atomic E-state index is -0.486. The van der Waals surface area contributed by atoms with Gasteiger partial charge in [-0.15, -0.1) is 0 Å². The van der Waals surface area contributed by atoms with Crippen molar-refractivity contribution in [2.45, 2.75) is 0 Å². The van der Waals surface area contributed by atoms with Crippen molar-refractivity contribution in [2.24, 2.45) is 0 Å². The highest BCUT2D eigenvalue weighted by atomic mass is 19.1. The lowest BCUT2D eigenvalue weighted by molar-refractivity contribution is 0.102. The number of hydrogen-bond donors (Lipinski definition) is 4. The van der Waals surface area contributed by atoms with E-state index in [1.807, 2.05) is 0 Å². The van der Waals surface area contributed by atoms with E-state index in [9.17, 15) is 14.3 Å². The van der Waals surface area contributed by atoms with E-state index >= 15 is 0 Å². The number of phenolic OH excluding ortho intramolecular Hbond substituents is 1. The lowest BCUT2D eigenvalue weighted by atomic mass is 10.1. The number of carbonyl (C=O) groups is 1. The van der Waals surface area contributed by atoms with Crippen molar-refractivity contribution in [3.8, 4) is 17.0 Å². The van der Waals surface area contributed by atoms with Crippen LogP contribution in [0.2, 0.25) is 0 Å². The summed E-state index contributed by atoms with van der Waals surface area (Å²) in [7, 11) is 0. The van der Waals surface area contributed by atoms with E-state index in [0.717, 1.165) is 6.07 Å². The molecule has 2 aromatic heterocycles. The maximum atomic E-state index is 13.2. The first-order valence-electron chi connectivity index (χ1n) is 5.98. The fourth-order valence-corrected chi connectivity index (χ4v) is 1.81. The van der Waals surface area contributed by atoms with Gasteiger partial charge in [0.1, 0.15) is 17.3 Å². The number of H-pyrrole nitrogens is 2. The van der Waals surface area contributed by atoms with Crippen LogP contribution in [0.25, 0.3) is 11.3 Å². The van der Waals surface area contributed by atoms with Gasteiger partial charge in [-0.1, -0.05) is 0 Å². The maximum absolute atomic E-state index is 13.2. The molecule has 4 N–H and O–H groups in total. The normalized spacial score (nSPS) is 10.5. The summed E-state index contributed by atoms with van der Waals surface area (Å²) in [6.07, 6.45) is 1.45. The van der Waals surface area contributed by atoms with Crippen molar-refractivity contribution in [1.29, 1.82) is 0 Å². The number of benzene rings is 1. The molecular formula is C13H10FN5O2. The van der Waals surface area contributed by atoms with Crippen molar-refractivity contribution >= 4 is 11.7 Å². The van der Waals surface area contributed by atoms with Crippen molar-refractivity contribution in [3.05, 3.63) is 48.0 Å². The molecule has 21 heavy (non-hydrogen) atoms. The van der Waals surface area contributed by atoms with Crippen LogP contribution in [0.15, 0.2) is 36.5 Å². The summed E-state index contributed by atoms with van der Waals surface area (Å²) in [5.41, 5.74) is 0.921. The van der Waals surface area contributed by atoms with Gasteiger partial charge in [0.05, 0.1) is 5.69 Å². The molecule has 3 rings (SSSR count). The van der Waals surface area contributed by atoms with Crippen LogP contribution in [-0.4, -0.2) is 31.4 Å². The van der Waals surface area contributed by atoms with E-state index in [1.165, 1.54) is 30.5 Å². The van der Waals surface area contributed by atoms with Crippen LogP contribution < -0.4 is 5.32 Å². The van der Waals surface area contributed by atoms with E-state index in [0.29, 0.717) is 5.69 Å². The number of aromatic nitrogens is 4. The number of nitrogens with one attached hydrogen (secondary N) is 3. The molecule has 0 saturated carbocycles. The van der Waals surface area contributed by atoms with Gasteiger partial charge >= 0.3 is 0 Å². The molecule has 0 spiro atoms. The van der Waals surface area contributed by atoms with Crippen LogP contribution in [0.5, 0.6) is 5.75 Å². The minimum Gasteiger partial charge on any atom is -0.507 e. The summed E-state index contributed by atoms with van der Waals surface area (Å²) in [5.74, 6) is -0.741. The Bertz CT molecular complexity index is 782. The molecule has 0 saturated heterocycles. The molecule has 0 fully saturated rings. The number of carbonyl (C=O) groups excluding carboxylic acids is 1. The van der Waals surface area contributed by atoms with E-state index in [-0.39, 0.29) is 22.8 Å². The maximum Gasteiger partial charge on any atom is 0.274 e. The summed E-state index contributed by atoms with van der Waals surface area (Å²) in [6.45, 7) is 0. The Balaban J connectivity index is 1.83. The van der Waals surface area contributed by atoms with Crippen molar-refractivity contribution in [3.63, 3.8) is 0 Å². The molecule has 0 aliphatic rings. The molecule has 1 aromatic carbocycles. The van der Waals surface area contributed by atoms with Crippen molar-refractivity contribution < 1.29 is 14.3 Å². The van der Waals surface area contributed by atoms with Crippen LogP contribution in [-0.2, 0) is 0 Å². The second-order valence-corrected chi connectivity index (χ2v) is 4.25. The zero-order chi connectivity index (χ0) is 14.8. The van der Waals surface area contributed by atoms with Gasteiger partial charge in [0.2, 0.25) is 0 Å². The summed E-state index contributed by atoms with van der Waals surface area (Å²) >= 11 is 0. The van der Waals surface area contributed by atoms with Crippen LogP contribution in [0.1, 0.15) is 10.5 Å². The molecule has 0 atom stereocenters. The number of aromatic hydroxyl groups is 1. The van der Waals surface area contributed by atoms with Gasteiger partial charge in [-0.3, -0.25) is 15.0 Å². The summed E-state index contributed by atoms with van der Waals surface area (Å²) in [5, 5.41) is 25.0. The number of phenols is 1. The van der Waals surface area contributed by atoms with E-state index in [4.69, 9.17) is 0 Å². The quantitative estimate of drug-likeness (QED) is 0.590. The monoisotopic (exact) mass is 287 g/mol. The first-order valence-corrected chi connectivity index (χ1v) is 5.98. The smallest absolute Gasteiger partial charge is 0.274 e. The van der Waals surface area contributed by atoms with Crippen LogP contribution in [0.3, 0.4) is 0 Å². The van der Waals surface area contributed by atoms with Gasteiger partial charge in [-0.2, -0.15) is 10.2 Å². The minimum absolute atomic E-state index is 0.0912. The molecular weight excluding hydrogens is 277 g/mol. The van der Waals surface area contributed by atoms with Gasteiger partial charge in [-0.05, 0) is 24.3 Å². The second-order valence-electron chi connectivity index (χ2n) is 4.25. The van der Waals surface area contributed by atoms with Gasteiger partial charge in [0.25, 0.3) is 5.91 Å². The molecule has 106 valence electrons. The Morgan fingerprint density at radius 2 is 2.10 bits per heavy atom. The second kappa shape index (κ2) is 5.08. The fraction of sp³-hybridized carbons (Fsp3) is 0. The largest absolute Gasteiger partial charge is 0.507 e. The average Bonchev–Trinajstić information content (AvgIpc) is 3.12. The highest BCUT2D eigenvalue weighted by Gasteiger charge is 2.12. The highest BCUT2D eigenvalue weighted by Crippen LogP contribution is 2.29. The zero-order valence-corrected chi connectivity index (χ0v) is 10.6. The van der Waals surface area contributed by atoms with Gasteiger partial charge in [-0.25, -0.2) is 4.39 Å². The Labute approximate surface area is 117 Å². The lowest BCUT2D eigenvalue weighted by Gasteiger charge is -2.01. The topological polar surface area (TPSA) is 107 Å². The Kier molecular flexibility index (Phi) is 3.11. The molecule has 3 aromatic rings. The number of aromatic amines is 2. The molecule has 8 heteroatoms. The average molecular weight is 287 g/mol. The van der Waals surface area contributed by atoms with Crippen molar-refractivity contribution in [2.75, 3.05) is 5.32 Å². The lowest BCUT2D eigenvalue weighted by Crippen LogP contribution is -2.12. The number of halogens is 1. The van der Waals surface area contributed by atoms with Crippen LogP contribution in [0.4, 0.5) is 10.2 Å². The zero-order valence-electron chi connectivity index (χ0n) is 10.6. The van der Waals surface area contributed by atoms with Gasteiger partial charge in [0.15, 0.2) is 5.82 Å². The predicted molar refractivity (Wildman–Crippen MR) is 72.2 cm³/mol. The Morgan fingerprint density at radius 1 is 1.24 bits per heavy atom. The number of hydrogen-bond acceptors (Lipinski definition) is 4. The predicted octanol–water partition coefficient (Wildman–Crippen LogP) is 1.90. The van der Waals surface area contributed by atoms with Gasteiger partial charge < -0.3 is 10.4 Å². The number of amides is 1. The highest BCUT2D eigenvalue weighted by molar-refractivity contribution is 6.02. The SMILES string of the molecule is O=C(Nc1cc(-c2cc(F)ccc2O)[nH]n1)c1ccn[nH]1. The summed E-state index contributed by atoms with van der Waals surface area (Å²) < 4.78 is 13.2. The Morgan fingerprint density at radius 3 is 2.86 bits per heavy atom. The van der Waals surface area contributed by atoms with E-state index in [2.05, 4.69) is 25.7 Å². The molecule has 0 aliphatic carbocycles. The first-order chi connectivity index (χ1) is 10.1. The summed E-state index contributed by atoms with van der Waals surface area (Å²) in [4.78, 5) is 11.8. The van der Waals surface area contributed by atoms with Crippen molar-refractivity contribution in [1.82, 2.24) is 20.4 Å². The molecule has 0 unspecified atom stereocenters.